The van der Waals surface area contributed by atoms with Gasteiger partial charge in [-0.15, -0.1) is 0 Å². The standard InChI is InChI=1S/C11H23N2O6P/c1-7(2)18-20(17,19-8(3)4)13-9(11(15)16)5-6-10(12)14/h7-9H,5-6H2,1-4H3,(H2,12,14)(H,13,17)(H,15,16)/t9-/m0/s1. The first-order chi connectivity index (χ1) is 9.05. The molecule has 0 aromatic carbocycles. The first-order valence-corrected chi connectivity index (χ1v) is 7.85. The predicted molar refractivity (Wildman–Crippen MR) is 73.0 cm³/mol. The molecular weight excluding hydrogens is 287 g/mol. The number of nitrogens with one attached hydrogen (secondary N) is 1. The van der Waals surface area contributed by atoms with Crippen molar-refractivity contribution in [2.45, 2.75) is 58.8 Å². The average Bonchev–Trinajstić information content (AvgIpc) is 2.20. The lowest BCUT2D eigenvalue weighted by atomic mass is 10.2. The Bertz CT molecular complexity index is 371. The van der Waals surface area contributed by atoms with Gasteiger partial charge in [-0.25, -0.2) is 9.65 Å². The lowest BCUT2D eigenvalue weighted by molar-refractivity contribution is -0.139. The van der Waals surface area contributed by atoms with Gasteiger partial charge in [-0.05, 0) is 34.1 Å². The molecular formula is C11H23N2O6P. The average molecular weight is 310 g/mol. The monoisotopic (exact) mass is 310 g/mol. The molecule has 0 spiro atoms. The number of nitrogens with two attached hydrogens (primary N) is 1. The molecule has 0 saturated carbocycles. The lowest BCUT2D eigenvalue weighted by Gasteiger charge is -2.25. The zero-order valence-corrected chi connectivity index (χ0v) is 13.1. The second kappa shape index (κ2) is 8.36. The first-order valence-electron chi connectivity index (χ1n) is 6.31. The number of rotatable bonds is 10. The Morgan fingerprint density at radius 1 is 1.20 bits per heavy atom. The molecule has 1 amide bonds. The van der Waals surface area contributed by atoms with E-state index in [1.807, 2.05) is 0 Å². The summed E-state index contributed by atoms with van der Waals surface area (Å²) >= 11 is 0. The number of carbonyl (C=O) groups excluding carboxylic acids is 1. The van der Waals surface area contributed by atoms with Crippen LogP contribution in [0.25, 0.3) is 0 Å². The van der Waals surface area contributed by atoms with Gasteiger partial charge in [-0.1, -0.05) is 0 Å². The van der Waals surface area contributed by atoms with Gasteiger partial charge in [-0.2, -0.15) is 0 Å². The van der Waals surface area contributed by atoms with Crippen molar-refractivity contribution in [2.24, 2.45) is 5.73 Å². The van der Waals surface area contributed by atoms with Crippen molar-refractivity contribution in [1.29, 1.82) is 0 Å². The van der Waals surface area contributed by atoms with E-state index in [0.717, 1.165) is 0 Å². The van der Waals surface area contributed by atoms with Crippen LogP contribution < -0.4 is 10.8 Å². The van der Waals surface area contributed by atoms with E-state index in [4.69, 9.17) is 19.9 Å². The van der Waals surface area contributed by atoms with Crippen molar-refractivity contribution >= 4 is 19.6 Å². The van der Waals surface area contributed by atoms with Crippen LogP contribution in [-0.2, 0) is 23.2 Å². The summed E-state index contributed by atoms with van der Waals surface area (Å²) in [6.07, 6.45) is -1.08. The normalized spacial score (nSPS) is 13.7. The van der Waals surface area contributed by atoms with Crippen LogP contribution in [-0.4, -0.2) is 35.2 Å². The summed E-state index contributed by atoms with van der Waals surface area (Å²) in [5, 5.41) is 11.4. The van der Waals surface area contributed by atoms with Gasteiger partial charge in [0, 0.05) is 6.42 Å². The second-order valence-corrected chi connectivity index (χ2v) is 6.51. The van der Waals surface area contributed by atoms with E-state index in [9.17, 15) is 14.2 Å². The predicted octanol–water partition coefficient (Wildman–Crippen LogP) is 1.25. The molecule has 8 nitrogen and oxygen atoms in total. The third-order valence-electron chi connectivity index (χ3n) is 1.99. The van der Waals surface area contributed by atoms with Crippen LogP contribution in [0.5, 0.6) is 0 Å². The molecule has 0 radical (unpaired) electrons. The Balaban J connectivity index is 4.92. The number of amides is 1. The second-order valence-electron chi connectivity index (χ2n) is 4.83. The van der Waals surface area contributed by atoms with E-state index in [1.54, 1.807) is 27.7 Å². The van der Waals surface area contributed by atoms with Crippen LogP contribution in [0, 0.1) is 0 Å². The molecule has 0 bridgehead atoms. The van der Waals surface area contributed by atoms with E-state index in [0.29, 0.717) is 0 Å². The van der Waals surface area contributed by atoms with Crippen LogP contribution in [0.1, 0.15) is 40.5 Å². The van der Waals surface area contributed by atoms with Gasteiger partial charge in [0.1, 0.15) is 6.04 Å². The smallest absolute Gasteiger partial charge is 0.406 e. The summed E-state index contributed by atoms with van der Waals surface area (Å²) in [5.41, 5.74) is 4.97. The van der Waals surface area contributed by atoms with Gasteiger partial charge in [0.05, 0.1) is 12.2 Å². The summed E-state index contributed by atoms with van der Waals surface area (Å²) in [6.45, 7) is 6.60. The molecule has 0 aromatic heterocycles. The van der Waals surface area contributed by atoms with Crippen molar-refractivity contribution in [3.8, 4) is 0 Å². The molecule has 0 unspecified atom stereocenters. The molecule has 0 heterocycles. The summed E-state index contributed by atoms with van der Waals surface area (Å²) < 4.78 is 22.8. The minimum atomic E-state index is -3.78. The molecule has 0 rings (SSSR count). The molecule has 0 fully saturated rings. The first kappa shape index (κ1) is 19.1. The SMILES string of the molecule is CC(C)OP(=O)(N[C@@H](CCC(N)=O)C(=O)O)OC(C)C. The van der Waals surface area contributed by atoms with Crippen LogP contribution in [0.3, 0.4) is 0 Å². The zero-order valence-electron chi connectivity index (χ0n) is 12.2. The number of carbonyl (C=O) groups is 2. The third kappa shape index (κ3) is 8.27. The molecule has 0 aliphatic carbocycles. The Labute approximate surface area is 118 Å². The minimum absolute atomic E-state index is 0.0996. The highest BCUT2D eigenvalue weighted by Gasteiger charge is 2.33. The van der Waals surface area contributed by atoms with Crippen molar-refractivity contribution in [3.05, 3.63) is 0 Å². The highest BCUT2D eigenvalue weighted by Crippen LogP contribution is 2.47. The molecule has 118 valence electrons. The van der Waals surface area contributed by atoms with Crippen LogP contribution >= 0.6 is 7.75 Å². The topological polar surface area (TPSA) is 128 Å². The molecule has 20 heavy (non-hydrogen) atoms. The lowest BCUT2D eigenvalue weighted by Crippen LogP contribution is -2.37. The number of primary amides is 1. The third-order valence-corrected chi connectivity index (χ3v) is 4.02. The minimum Gasteiger partial charge on any atom is -0.480 e. The molecule has 9 heteroatoms. The molecule has 0 aliphatic heterocycles. The summed E-state index contributed by atoms with van der Waals surface area (Å²) in [4.78, 5) is 21.8. The maximum atomic E-state index is 12.5. The number of aliphatic carboxylic acids is 1. The van der Waals surface area contributed by atoms with Crippen molar-refractivity contribution in [2.75, 3.05) is 0 Å². The van der Waals surface area contributed by atoms with Crippen molar-refractivity contribution < 1.29 is 28.3 Å². The van der Waals surface area contributed by atoms with E-state index in [2.05, 4.69) is 5.09 Å². The Morgan fingerprint density at radius 2 is 1.65 bits per heavy atom. The molecule has 1 atom stereocenters. The van der Waals surface area contributed by atoms with Crippen molar-refractivity contribution in [1.82, 2.24) is 5.09 Å². The number of carboxylic acid groups (broad SMARTS) is 1. The van der Waals surface area contributed by atoms with E-state index >= 15 is 0 Å². The molecule has 0 aliphatic rings. The zero-order chi connectivity index (χ0) is 15.9. The van der Waals surface area contributed by atoms with Gasteiger partial charge in [0.25, 0.3) is 0 Å². The van der Waals surface area contributed by atoms with E-state index in [-0.39, 0.29) is 12.8 Å². The van der Waals surface area contributed by atoms with Crippen molar-refractivity contribution in [3.63, 3.8) is 0 Å². The van der Waals surface area contributed by atoms with Crippen LogP contribution in [0.4, 0.5) is 0 Å². The number of hydrogen-bond donors (Lipinski definition) is 3. The van der Waals surface area contributed by atoms with E-state index in [1.165, 1.54) is 0 Å². The maximum absolute atomic E-state index is 12.5. The Morgan fingerprint density at radius 3 is 1.95 bits per heavy atom. The maximum Gasteiger partial charge on any atom is 0.406 e. The largest absolute Gasteiger partial charge is 0.480 e. The summed E-state index contributed by atoms with van der Waals surface area (Å²) in [5.74, 6) is -1.89. The van der Waals surface area contributed by atoms with Crippen LogP contribution in [0.15, 0.2) is 0 Å². The highest BCUT2D eigenvalue weighted by atomic mass is 31.2. The summed E-state index contributed by atoms with van der Waals surface area (Å²) in [7, 11) is -3.78. The number of carboxylic acids is 1. The van der Waals surface area contributed by atoms with Gasteiger partial charge in [-0.3, -0.25) is 18.6 Å². The molecule has 0 aromatic rings. The highest BCUT2D eigenvalue weighted by molar-refractivity contribution is 7.51. The fraction of sp³-hybridized carbons (Fsp3) is 0.818. The molecule has 0 saturated heterocycles. The summed E-state index contributed by atoms with van der Waals surface area (Å²) in [6, 6.07) is -1.24. The number of hydrogen-bond acceptors (Lipinski definition) is 5. The Hall–Kier alpha value is -0.950. The fourth-order valence-corrected chi connectivity index (χ4v) is 3.26. The van der Waals surface area contributed by atoms with Gasteiger partial charge in [0.2, 0.25) is 5.91 Å². The Kier molecular flexibility index (Phi) is 7.96. The fourth-order valence-electron chi connectivity index (χ4n) is 1.36. The molecule has 4 N–H and O–H groups in total. The quantitative estimate of drug-likeness (QED) is 0.518. The van der Waals surface area contributed by atoms with Crippen LogP contribution in [0.2, 0.25) is 0 Å². The van der Waals surface area contributed by atoms with Gasteiger partial charge in [0.15, 0.2) is 0 Å². The van der Waals surface area contributed by atoms with Gasteiger partial charge >= 0.3 is 13.7 Å². The van der Waals surface area contributed by atoms with E-state index < -0.39 is 37.9 Å². The van der Waals surface area contributed by atoms with Gasteiger partial charge < -0.3 is 10.8 Å².